The smallest absolute Gasteiger partial charge is 0.308 e. The Morgan fingerprint density at radius 2 is 0.805 bits per heavy atom. The van der Waals surface area contributed by atoms with Crippen molar-refractivity contribution in [3.05, 3.63) is 64.3 Å². The summed E-state index contributed by atoms with van der Waals surface area (Å²) in [5.41, 5.74) is 0. The summed E-state index contributed by atoms with van der Waals surface area (Å²) in [7, 11) is 5.44. The number of rotatable bonds is 31. The Kier molecular flexibility index (Phi) is 40.3. The van der Waals surface area contributed by atoms with Crippen LogP contribution in [0.5, 0.6) is 0 Å². The van der Waals surface area contributed by atoms with Crippen LogP contribution >= 0.6 is 137 Å². The molecular formula is C87H118Cl4I4O28. The van der Waals surface area contributed by atoms with E-state index in [1.54, 1.807) is 0 Å². The first-order chi connectivity index (χ1) is 58.4. The topological polar surface area (TPSA) is 357 Å². The summed E-state index contributed by atoms with van der Waals surface area (Å²) in [6.07, 6.45) is 4.69. The summed E-state index contributed by atoms with van der Waals surface area (Å²) < 4.78 is 103. The zero-order valence-corrected chi connectivity index (χ0v) is 82.0. The maximum Gasteiger partial charge on any atom is 0.308 e. The van der Waals surface area contributed by atoms with Crippen molar-refractivity contribution >= 4 is 178 Å². The second-order valence-corrected chi connectivity index (χ2v) is 42.6. The third kappa shape index (κ3) is 28.3. The number of methoxy groups -OCH3 is 4. The number of esters is 4. The predicted molar refractivity (Wildman–Crippen MR) is 485 cm³/mol. The average Bonchev–Trinajstić information content (AvgIpc) is 1.55. The Labute approximate surface area is 794 Å². The number of allylic oxidation sites excluding steroid dienone is 6. The monoisotopic (exact) mass is 2260 g/mol. The molecule has 0 aromatic carbocycles. The molecule has 0 spiro atoms. The van der Waals surface area contributed by atoms with Crippen LogP contribution in [0.25, 0.3) is 0 Å². The van der Waals surface area contributed by atoms with Gasteiger partial charge in [0.1, 0.15) is 90.9 Å². The van der Waals surface area contributed by atoms with Gasteiger partial charge in [0, 0.05) is 71.7 Å². The Morgan fingerprint density at radius 3 is 1.27 bits per heavy atom. The number of carbonyl (C=O) groups is 7. The molecule has 0 saturated carbocycles. The summed E-state index contributed by atoms with van der Waals surface area (Å²) in [5, 5.41) is 42.3. The summed E-state index contributed by atoms with van der Waals surface area (Å²) in [6.45, 7) is 21.4. The Bertz CT molecular complexity index is 3710. The summed E-state index contributed by atoms with van der Waals surface area (Å²) in [5.74, 6) is 2.98. The maximum absolute atomic E-state index is 12.4. The van der Waals surface area contributed by atoms with Gasteiger partial charge < -0.3 is 101 Å². The van der Waals surface area contributed by atoms with Gasteiger partial charge in [-0.05, 0) is 225 Å². The standard InChI is InChI=1S/C23H32ClIO6.C22H30ClIO7.C21H28ClIO8.C21H28ClIO7/c1-13(25)11-16(24)5-6-17(26)7-9-19(27)22-14(2)15(3)23-20(31-22)10-8-18(30-23)12-21(28)29-4;1-11(24)8-13(23)4-5-14(25)9-17-19(27)22-21(31-17)12(2)20-16(30-22)7-6-15(29-20)10-18(26)28-3;1-10(23)7-11(22)3-4-12(24)8-15-17(26)20-21(31-15)18(27)19-14(30-20)6-5-13(29-19)9-16(25)28-2;1-10(23)7-11(22)5-6-21-9-14-17(29-21)18-19(28-14)20(30-21)16-13(27-18)4-3-12(26-16)8-15(24)25-2/h14-16,18-20,22-23,27H,1,5-6,8,10-12H2,2-4H3;9,12-13,15-16,19-22,27H,1,4-8,10H2,2-3H3;8,11,13-14,17-21,26-27H,1,3-7,9H2,2H3;11-14,16-20H,1,3-9H2,2H3/t14-,15+,16+,18+,19-,20-,22?,23+;12-,13+,15+,16-,19-,20+,21-,22?;11-,13-,14+,17+,18+,19+,20?,21+;11-,12-,13+,14?,16+,17-,18?,19-,20+,21+/m0011/s1. The molecule has 14 fully saturated rings. The largest absolute Gasteiger partial charge is 0.489 e. The molecule has 14 saturated heterocycles. The predicted octanol–water partition coefficient (Wildman–Crippen LogP) is 12.6. The first-order valence-corrected chi connectivity index (χ1v) is 48.4. The lowest BCUT2D eigenvalue weighted by Gasteiger charge is -2.49. The van der Waals surface area contributed by atoms with Gasteiger partial charge in [-0.1, -0.05) is 53.0 Å². The molecular weight excluding hydrogens is 2140 g/mol. The third-order valence-electron chi connectivity index (χ3n) is 24.9. The highest BCUT2D eigenvalue weighted by Gasteiger charge is 2.69. The molecule has 0 amide bonds. The minimum Gasteiger partial charge on any atom is -0.489 e. The zero-order valence-electron chi connectivity index (χ0n) is 70.3. The van der Waals surface area contributed by atoms with Gasteiger partial charge in [-0.25, -0.2) is 0 Å². The van der Waals surface area contributed by atoms with Crippen molar-refractivity contribution < 1.29 is 135 Å². The van der Waals surface area contributed by atoms with E-state index < -0.39 is 72.9 Å². The van der Waals surface area contributed by atoms with Crippen LogP contribution in [0, 0.1) is 29.6 Å². The summed E-state index contributed by atoms with van der Waals surface area (Å²) in [4.78, 5) is 83.2. The van der Waals surface area contributed by atoms with Crippen molar-refractivity contribution in [1.82, 2.24) is 0 Å². The van der Waals surface area contributed by atoms with Gasteiger partial charge in [0.2, 0.25) is 5.78 Å². The molecule has 5 unspecified atom stereocenters. The fourth-order valence-electron chi connectivity index (χ4n) is 18.4. The van der Waals surface area contributed by atoms with Gasteiger partial charge in [-0.3, -0.25) is 33.6 Å². The molecule has 14 heterocycles. The molecule has 690 valence electrons. The lowest BCUT2D eigenvalue weighted by atomic mass is 9.77. The molecule has 6 bridgehead atoms. The van der Waals surface area contributed by atoms with E-state index in [1.165, 1.54) is 40.6 Å². The van der Waals surface area contributed by atoms with Crippen LogP contribution in [0.1, 0.15) is 181 Å². The normalized spacial score (nSPS) is 38.1. The number of carbonyl (C=O) groups excluding carboxylic acids is 7. The number of ketones is 3. The molecule has 34 atom stereocenters. The molecule has 0 aromatic heterocycles. The van der Waals surface area contributed by atoms with E-state index in [-0.39, 0.29) is 229 Å². The van der Waals surface area contributed by atoms with Crippen LogP contribution in [0.4, 0.5) is 0 Å². The van der Waals surface area contributed by atoms with E-state index in [9.17, 15) is 54.0 Å². The van der Waals surface area contributed by atoms with Crippen molar-refractivity contribution in [2.24, 2.45) is 17.8 Å². The quantitative estimate of drug-likeness (QED) is 0.00952. The minimum atomic E-state index is -1.15. The van der Waals surface area contributed by atoms with Crippen LogP contribution in [-0.4, -0.2) is 276 Å². The molecule has 14 rings (SSSR count). The van der Waals surface area contributed by atoms with Crippen molar-refractivity contribution in [3.8, 4) is 11.8 Å². The molecule has 14 aliphatic rings. The molecule has 0 radical (unpaired) electrons. The van der Waals surface area contributed by atoms with E-state index in [0.29, 0.717) is 77.0 Å². The second kappa shape index (κ2) is 48.1. The van der Waals surface area contributed by atoms with Gasteiger partial charge in [0.15, 0.2) is 23.5 Å². The Morgan fingerprint density at radius 1 is 0.439 bits per heavy atom. The number of Topliss-reactive ketones (excluding diaryl/α,β-unsaturated/α-hetero) is 1. The Hall–Kier alpha value is -2.03. The number of hydrogen-bond acceptors (Lipinski definition) is 28. The number of fused-ring (bicyclic) bond motifs is 6. The molecule has 36 heteroatoms. The van der Waals surface area contributed by atoms with E-state index >= 15 is 0 Å². The highest BCUT2D eigenvalue weighted by molar-refractivity contribution is 14.1. The van der Waals surface area contributed by atoms with Gasteiger partial charge in [-0.2, -0.15) is 0 Å². The zero-order chi connectivity index (χ0) is 89.6. The lowest BCUT2D eigenvalue weighted by molar-refractivity contribution is -0.292. The summed E-state index contributed by atoms with van der Waals surface area (Å²) >= 11 is 33.7. The van der Waals surface area contributed by atoms with Crippen LogP contribution in [0.3, 0.4) is 0 Å². The maximum atomic E-state index is 12.4. The molecule has 4 N–H and O–H groups in total. The van der Waals surface area contributed by atoms with E-state index in [1.807, 2.05) is 13.8 Å². The van der Waals surface area contributed by atoms with Crippen LogP contribution in [-0.2, 0) is 114 Å². The molecule has 0 aliphatic carbocycles. The van der Waals surface area contributed by atoms with E-state index in [4.69, 9.17) is 122 Å². The second-order valence-electron chi connectivity index (χ2n) is 34.0. The van der Waals surface area contributed by atoms with Crippen molar-refractivity contribution in [3.63, 3.8) is 0 Å². The first kappa shape index (κ1) is 103. The molecule has 14 aliphatic heterocycles. The van der Waals surface area contributed by atoms with Crippen molar-refractivity contribution in [1.29, 1.82) is 0 Å². The number of aliphatic hydroxyl groups is 4. The Balaban J connectivity index is 0.000000172. The van der Waals surface area contributed by atoms with Crippen LogP contribution < -0.4 is 0 Å². The fraction of sp³-hybridized carbons (Fsp3) is 0.759. The summed E-state index contributed by atoms with van der Waals surface area (Å²) in [6, 6.07) is 0. The first-order valence-electron chi connectivity index (χ1n) is 42.4. The highest BCUT2D eigenvalue weighted by Crippen LogP contribution is 2.55. The highest BCUT2D eigenvalue weighted by atomic mass is 127. The van der Waals surface area contributed by atoms with Gasteiger partial charge in [0.05, 0.1) is 127 Å². The fourth-order valence-corrected chi connectivity index (χ4v) is 22.8. The number of alkyl halides is 4. The van der Waals surface area contributed by atoms with Gasteiger partial charge in [0.25, 0.3) is 0 Å². The van der Waals surface area contributed by atoms with Crippen molar-refractivity contribution in [2.45, 2.75) is 367 Å². The average molecular weight is 2260 g/mol. The number of hydrogen-bond donors (Lipinski definition) is 4. The van der Waals surface area contributed by atoms with E-state index in [0.717, 1.165) is 52.8 Å². The number of ether oxygens (including phenoxy) is 17. The number of aliphatic hydroxyl groups excluding tert-OH is 4. The third-order valence-corrected chi connectivity index (χ3v) is 28.2. The molecule has 28 nitrogen and oxygen atoms in total. The van der Waals surface area contributed by atoms with Crippen LogP contribution in [0.2, 0.25) is 0 Å². The van der Waals surface area contributed by atoms with Crippen LogP contribution in [0.15, 0.2) is 64.3 Å². The lowest BCUT2D eigenvalue weighted by Crippen LogP contribution is -2.61. The van der Waals surface area contributed by atoms with Gasteiger partial charge in [-0.15, -0.1) is 46.4 Å². The van der Waals surface area contributed by atoms with Gasteiger partial charge >= 0.3 is 23.9 Å². The minimum absolute atomic E-state index is 0.00654. The SMILES string of the molecule is C=C(I)C[C@H](Cl)CCC(=O)C#C[C@H](O)C1O[C@H]2CC[C@H](CC(=O)OC)O[C@@H]2[C@H](C)[C@@H]1C.C=C(I)C[C@H](Cl)CCC(=O)C=C1O[C@@H]2C(O[C@H]3CC[C@H](CC(=O)OC)O[C@@H]3[C@@H]2C)[C@H]1O.C=C(I)C[C@H](Cl)CCC(=O)C=C1O[C@@H]2C(O[C@H]3CC[C@H](CC(=O)OC)O[C@@H]3[C@@H]2O)[C@H]1O.C=C(I)C[C@H](Cl)CC[C@@]12CC3O[C@@H]4C(O[C@H]5CC[C@H](CC(=O)OC)O[C@@H]5[C@@H]4O1)[C@@H]3O2. The molecule has 123 heavy (non-hydrogen) atoms. The van der Waals surface area contributed by atoms with E-state index in [2.05, 4.69) is 140 Å². The molecule has 0 aromatic rings. The number of halogens is 8. The van der Waals surface area contributed by atoms with Crippen molar-refractivity contribution in [2.75, 3.05) is 28.4 Å².